The van der Waals surface area contributed by atoms with Gasteiger partial charge in [-0.2, -0.15) is 4.98 Å². The van der Waals surface area contributed by atoms with Gasteiger partial charge in [-0.3, -0.25) is 0 Å². The van der Waals surface area contributed by atoms with Crippen molar-refractivity contribution in [2.75, 3.05) is 18.7 Å². The Morgan fingerprint density at radius 3 is 2.81 bits per heavy atom. The third-order valence-electron chi connectivity index (χ3n) is 4.59. The predicted octanol–water partition coefficient (Wildman–Crippen LogP) is 2.51. The van der Waals surface area contributed by atoms with Crippen molar-refractivity contribution < 1.29 is 13.2 Å². The van der Waals surface area contributed by atoms with E-state index < -0.39 is 9.84 Å². The first kappa shape index (κ1) is 17.5. The third kappa shape index (κ3) is 3.37. The van der Waals surface area contributed by atoms with Crippen molar-refractivity contribution in [1.82, 2.24) is 20.2 Å². The summed E-state index contributed by atoms with van der Waals surface area (Å²) in [5.74, 6) is 0.745. The topological polar surface area (TPSA) is 110 Å². The number of aromatic nitrogens is 4. The number of ether oxygens (including phenoxy) is 1. The Hall–Kier alpha value is -2.94. The summed E-state index contributed by atoms with van der Waals surface area (Å²) in [7, 11) is -1.87. The maximum atomic E-state index is 11.7. The van der Waals surface area contributed by atoms with Crippen LogP contribution < -0.4 is 10.1 Å². The summed E-state index contributed by atoms with van der Waals surface area (Å²) in [6, 6.07) is 7.95. The minimum Gasteiger partial charge on any atom is -0.481 e. The van der Waals surface area contributed by atoms with E-state index in [1.807, 2.05) is 18.2 Å². The monoisotopic (exact) mass is 385 g/mol. The molecular weight excluding hydrogens is 366 g/mol. The number of nitrogens with one attached hydrogen (secondary N) is 2. The summed E-state index contributed by atoms with van der Waals surface area (Å²) in [5.41, 5.74) is 5.27. The second kappa shape index (κ2) is 6.66. The molecule has 0 aliphatic heterocycles. The van der Waals surface area contributed by atoms with E-state index in [9.17, 15) is 8.42 Å². The lowest BCUT2D eigenvalue weighted by Gasteiger charge is -2.15. The number of nitrogens with zero attached hydrogens (tertiary/aromatic N) is 3. The number of hydrogen-bond acceptors (Lipinski definition) is 7. The molecule has 8 nitrogen and oxygen atoms in total. The lowest BCUT2D eigenvalue weighted by atomic mass is 9.98. The quantitative estimate of drug-likeness (QED) is 0.694. The van der Waals surface area contributed by atoms with Crippen molar-refractivity contribution in [3.8, 4) is 17.0 Å². The summed E-state index contributed by atoms with van der Waals surface area (Å²) in [6.45, 7) is 0. The van der Waals surface area contributed by atoms with E-state index in [-0.39, 0.29) is 11.1 Å². The Bertz CT molecular complexity index is 1110. The van der Waals surface area contributed by atoms with E-state index in [0.29, 0.717) is 5.88 Å². The van der Waals surface area contributed by atoms with Crippen LogP contribution in [-0.4, -0.2) is 41.9 Å². The first-order valence-electron chi connectivity index (χ1n) is 8.50. The van der Waals surface area contributed by atoms with Crippen LogP contribution in [0.25, 0.3) is 11.1 Å². The molecule has 0 saturated heterocycles. The van der Waals surface area contributed by atoms with E-state index in [1.165, 1.54) is 11.1 Å². The van der Waals surface area contributed by atoms with Crippen LogP contribution in [0, 0.1) is 0 Å². The fourth-order valence-electron chi connectivity index (χ4n) is 3.32. The molecule has 0 amide bonds. The molecule has 3 aromatic rings. The highest BCUT2D eigenvalue weighted by molar-refractivity contribution is 7.90. The zero-order valence-electron chi connectivity index (χ0n) is 15.0. The van der Waals surface area contributed by atoms with Crippen LogP contribution in [0.4, 0.5) is 11.6 Å². The second-order valence-corrected chi connectivity index (χ2v) is 8.36. The predicted molar refractivity (Wildman–Crippen MR) is 101 cm³/mol. The minimum atomic E-state index is -3.45. The Kier molecular flexibility index (Phi) is 4.31. The number of pyridine rings is 1. The number of H-pyrrole nitrogens is 1. The number of anilines is 2. The zero-order valence-corrected chi connectivity index (χ0v) is 15.8. The maximum absolute atomic E-state index is 11.7. The van der Waals surface area contributed by atoms with Crippen LogP contribution in [0.1, 0.15) is 17.5 Å². The number of methoxy groups -OCH3 is 1. The van der Waals surface area contributed by atoms with Crippen molar-refractivity contribution in [1.29, 1.82) is 0 Å². The van der Waals surface area contributed by atoms with Gasteiger partial charge in [0.15, 0.2) is 0 Å². The Morgan fingerprint density at radius 1 is 1.22 bits per heavy atom. The fourth-order valence-corrected chi connectivity index (χ4v) is 3.78. The van der Waals surface area contributed by atoms with Crippen LogP contribution in [0.5, 0.6) is 5.88 Å². The summed E-state index contributed by atoms with van der Waals surface area (Å²) in [5, 5.41) is 9.54. The van der Waals surface area contributed by atoms with Crippen LogP contribution in [-0.2, 0) is 22.7 Å². The average molecular weight is 385 g/mol. The van der Waals surface area contributed by atoms with E-state index in [0.717, 1.165) is 42.3 Å². The second-order valence-electron chi connectivity index (χ2n) is 6.43. The third-order valence-corrected chi connectivity index (χ3v) is 5.48. The van der Waals surface area contributed by atoms with Crippen molar-refractivity contribution in [3.63, 3.8) is 0 Å². The number of sulfone groups is 1. The molecular formula is C18H19N5O3S. The van der Waals surface area contributed by atoms with E-state index >= 15 is 0 Å². The summed E-state index contributed by atoms with van der Waals surface area (Å²) in [6.07, 6.45) is 5.82. The molecule has 1 aliphatic rings. The van der Waals surface area contributed by atoms with E-state index in [1.54, 1.807) is 13.3 Å². The van der Waals surface area contributed by atoms with Gasteiger partial charge in [-0.05, 0) is 42.0 Å². The molecule has 4 rings (SSSR count). The van der Waals surface area contributed by atoms with Gasteiger partial charge in [0.1, 0.15) is 0 Å². The van der Waals surface area contributed by atoms with Gasteiger partial charge in [0, 0.05) is 24.1 Å². The van der Waals surface area contributed by atoms with Crippen LogP contribution >= 0.6 is 0 Å². The average Bonchev–Trinajstić information content (AvgIpc) is 3.31. The van der Waals surface area contributed by atoms with Gasteiger partial charge < -0.3 is 10.1 Å². The smallest absolute Gasteiger partial charge is 0.247 e. The van der Waals surface area contributed by atoms with Crippen molar-refractivity contribution in [2.45, 2.75) is 24.4 Å². The number of hydrogen-bond donors (Lipinski definition) is 2. The number of aromatic amines is 1. The highest BCUT2D eigenvalue weighted by Crippen LogP contribution is 2.39. The van der Waals surface area contributed by atoms with Crippen LogP contribution in [0.15, 0.2) is 35.6 Å². The van der Waals surface area contributed by atoms with Crippen LogP contribution in [0.2, 0.25) is 0 Å². The standard InChI is InChI=1S/C18H19N5O3S/c1-26-15-10-12(8-9-19-15)14-7-6-11-4-3-5-13(11)16(14)20-17-21-18(23-22-17)27(2,24)25/h6-10H,3-5H2,1-2H3,(H2,20,21,22,23). The summed E-state index contributed by atoms with van der Waals surface area (Å²) in [4.78, 5) is 8.23. The van der Waals surface area contributed by atoms with Crippen LogP contribution in [0.3, 0.4) is 0 Å². The van der Waals surface area contributed by atoms with Crippen molar-refractivity contribution in [3.05, 3.63) is 41.6 Å². The number of rotatable bonds is 5. The number of aryl methyl sites for hydroxylation is 1. The molecule has 0 saturated carbocycles. The molecule has 0 unspecified atom stereocenters. The van der Waals surface area contributed by atoms with Gasteiger partial charge in [0.05, 0.1) is 12.8 Å². The Morgan fingerprint density at radius 2 is 2.07 bits per heavy atom. The minimum absolute atomic E-state index is 0.162. The number of benzene rings is 1. The molecule has 0 bridgehead atoms. The number of fused-ring (bicyclic) bond motifs is 1. The van der Waals surface area contributed by atoms with Gasteiger partial charge in [0.2, 0.25) is 26.8 Å². The maximum Gasteiger partial charge on any atom is 0.247 e. The Labute approximate surface area is 156 Å². The molecule has 140 valence electrons. The lowest BCUT2D eigenvalue weighted by Crippen LogP contribution is -2.02. The highest BCUT2D eigenvalue weighted by atomic mass is 32.2. The molecule has 2 N–H and O–H groups in total. The summed E-state index contributed by atoms with van der Waals surface area (Å²) < 4.78 is 28.6. The highest BCUT2D eigenvalue weighted by Gasteiger charge is 2.21. The molecule has 0 fully saturated rings. The van der Waals surface area contributed by atoms with Gasteiger partial charge in [-0.15, -0.1) is 5.10 Å². The molecule has 2 heterocycles. The van der Waals surface area contributed by atoms with E-state index in [4.69, 9.17) is 4.74 Å². The Balaban J connectivity index is 1.81. The molecule has 0 atom stereocenters. The first-order chi connectivity index (χ1) is 13.0. The largest absolute Gasteiger partial charge is 0.481 e. The van der Waals surface area contributed by atoms with Gasteiger partial charge in [-0.25, -0.2) is 18.5 Å². The van der Waals surface area contributed by atoms with E-state index in [2.05, 4.69) is 31.5 Å². The zero-order chi connectivity index (χ0) is 19.0. The molecule has 1 aromatic carbocycles. The molecule has 0 spiro atoms. The van der Waals surface area contributed by atoms with Gasteiger partial charge in [0.25, 0.3) is 0 Å². The molecule has 1 aliphatic carbocycles. The van der Waals surface area contributed by atoms with Gasteiger partial charge >= 0.3 is 0 Å². The SMILES string of the molecule is COc1cc(-c2ccc3c(c2Nc2n[nH]c(S(C)(=O)=O)n2)CCC3)ccn1. The lowest BCUT2D eigenvalue weighted by molar-refractivity contribution is 0.398. The molecule has 9 heteroatoms. The van der Waals surface area contributed by atoms with Gasteiger partial charge in [-0.1, -0.05) is 12.1 Å². The molecule has 0 radical (unpaired) electrons. The molecule has 27 heavy (non-hydrogen) atoms. The fraction of sp³-hybridized carbons (Fsp3) is 0.278. The summed E-state index contributed by atoms with van der Waals surface area (Å²) >= 11 is 0. The molecule has 2 aromatic heterocycles. The first-order valence-corrected chi connectivity index (χ1v) is 10.4. The van der Waals surface area contributed by atoms with Crippen molar-refractivity contribution >= 4 is 21.5 Å². The normalized spacial score (nSPS) is 13.4. The van der Waals surface area contributed by atoms with Crippen molar-refractivity contribution in [2.24, 2.45) is 0 Å².